The van der Waals surface area contributed by atoms with Gasteiger partial charge in [0.05, 0.1) is 11.3 Å². The van der Waals surface area contributed by atoms with Crippen molar-refractivity contribution in [2.45, 2.75) is 0 Å². The van der Waals surface area contributed by atoms with Gasteiger partial charge in [-0.2, -0.15) is 0 Å². The predicted octanol–water partition coefficient (Wildman–Crippen LogP) is 10.1. The number of para-hydroxylation sites is 2. The van der Waals surface area contributed by atoms with E-state index < -0.39 is 0 Å². The summed E-state index contributed by atoms with van der Waals surface area (Å²) in [6.07, 6.45) is 4.09. The van der Waals surface area contributed by atoms with Crippen LogP contribution in [-0.4, -0.2) is 9.38 Å². The number of aromatic nitrogens is 2. The quantitative estimate of drug-likeness (QED) is 0.230. The number of rotatable bonds is 3. The van der Waals surface area contributed by atoms with Gasteiger partial charge in [-0.1, -0.05) is 91.0 Å². The molecule has 9 rings (SSSR count). The van der Waals surface area contributed by atoms with E-state index in [2.05, 4.69) is 85.1 Å². The van der Waals surface area contributed by atoms with Crippen LogP contribution in [0.1, 0.15) is 0 Å². The topological polar surface area (TPSA) is 43.6 Å². The molecule has 4 nitrogen and oxygen atoms in total. The summed E-state index contributed by atoms with van der Waals surface area (Å²) in [4.78, 5) is 4.76. The number of hydrogen-bond donors (Lipinski definition) is 0. The molecule has 5 aromatic carbocycles. The Bertz CT molecular complexity index is 2280. The lowest BCUT2D eigenvalue weighted by Crippen LogP contribution is -1.84. The van der Waals surface area contributed by atoms with E-state index in [4.69, 9.17) is 13.8 Å². The normalized spacial score (nSPS) is 11.9. The third kappa shape index (κ3) is 3.38. The molecule has 9 aromatic rings. The molecule has 0 N–H and O–H groups in total. The number of imidazole rings is 1. The lowest BCUT2D eigenvalue weighted by Gasteiger charge is -2.07. The van der Waals surface area contributed by atoms with Gasteiger partial charge in [0, 0.05) is 39.5 Å². The van der Waals surface area contributed by atoms with Gasteiger partial charge in [0.15, 0.2) is 0 Å². The summed E-state index contributed by atoms with van der Waals surface area (Å²) in [6.45, 7) is 0. The van der Waals surface area contributed by atoms with Gasteiger partial charge in [0.1, 0.15) is 28.0 Å². The zero-order chi connectivity index (χ0) is 26.9. The Morgan fingerprint density at radius 1 is 0.488 bits per heavy atom. The summed E-state index contributed by atoms with van der Waals surface area (Å²) in [6, 6.07) is 42.0. The second kappa shape index (κ2) is 8.44. The highest BCUT2D eigenvalue weighted by molar-refractivity contribution is 6.21. The van der Waals surface area contributed by atoms with E-state index in [1.54, 1.807) is 0 Å². The van der Waals surface area contributed by atoms with Crippen LogP contribution >= 0.6 is 0 Å². The Kier molecular flexibility index (Phi) is 4.58. The van der Waals surface area contributed by atoms with Gasteiger partial charge in [-0.15, -0.1) is 0 Å². The molecule has 0 atom stereocenters. The van der Waals surface area contributed by atoms with Crippen LogP contribution < -0.4 is 0 Å². The first-order valence-electron chi connectivity index (χ1n) is 13.7. The molecular weight excluding hydrogens is 504 g/mol. The third-order valence-corrected chi connectivity index (χ3v) is 8.06. The molecule has 0 bridgehead atoms. The van der Waals surface area contributed by atoms with Crippen molar-refractivity contribution in [2.75, 3.05) is 0 Å². The highest BCUT2D eigenvalue weighted by atomic mass is 16.3. The second-order valence-electron chi connectivity index (χ2n) is 10.4. The Morgan fingerprint density at radius 2 is 1.02 bits per heavy atom. The van der Waals surface area contributed by atoms with Gasteiger partial charge >= 0.3 is 0 Å². The van der Waals surface area contributed by atoms with E-state index in [0.29, 0.717) is 0 Å². The van der Waals surface area contributed by atoms with Gasteiger partial charge in [0.25, 0.3) is 0 Å². The summed E-state index contributed by atoms with van der Waals surface area (Å²) in [5, 5.41) is 4.42. The molecular formula is C37H22N2O2. The smallest absolute Gasteiger partial charge is 0.147 e. The minimum atomic E-state index is 0.849. The van der Waals surface area contributed by atoms with Crippen LogP contribution in [-0.2, 0) is 0 Å². The van der Waals surface area contributed by atoms with Crippen LogP contribution in [0.25, 0.3) is 83.0 Å². The molecule has 4 heteroatoms. The Balaban J connectivity index is 1.16. The van der Waals surface area contributed by atoms with Gasteiger partial charge in [-0.05, 0) is 47.0 Å². The minimum absolute atomic E-state index is 0.849. The van der Waals surface area contributed by atoms with E-state index in [-0.39, 0.29) is 0 Å². The summed E-state index contributed by atoms with van der Waals surface area (Å²) >= 11 is 0. The molecule has 0 saturated carbocycles. The fourth-order valence-corrected chi connectivity index (χ4v) is 6.03. The molecule has 4 aromatic heterocycles. The van der Waals surface area contributed by atoms with Crippen molar-refractivity contribution in [3.8, 4) is 33.5 Å². The predicted molar refractivity (Wildman–Crippen MR) is 166 cm³/mol. The molecule has 4 heterocycles. The number of nitrogens with zero attached hydrogens (tertiary/aromatic N) is 2. The highest BCUT2D eigenvalue weighted by Crippen LogP contribution is 2.44. The lowest BCUT2D eigenvalue weighted by atomic mass is 9.96. The van der Waals surface area contributed by atoms with Crippen molar-refractivity contribution >= 4 is 49.5 Å². The Labute approximate surface area is 234 Å². The number of hydrogen-bond acceptors (Lipinski definition) is 3. The maximum atomic E-state index is 6.47. The van der Waals surface area contributed by atoms with E-state index >= 15 is 0 Å². The first kappa shape index (κ1) is 22.2. The summed E-state index contributed by atoms with van der Waals surface area (Å²) < 4.78 is 15.0. The van der Waals surface area contributed by atoms with Crippen LogP contribution in [0.15, 0.2) is 143 Å². The van der Waals surface area contributed by atoms with Crippen molar-refractivity contribution in [1.29, 1.82) is 0 Å². The Hall–Kier alpha value is -5.61. The van der Waals surface area contributed by atoms with Gasteiger partial charge < -0.3 is 13.2 Å². The van der Waals surface area contributed by atoms with Crippen LogP contribution in [0.2, 0.25) is 0 Å². The third-order valence-electron chi connectivity index (χ3n) is 8.06. The number of benzene rings is 5. The summed E-state index contributed by atoms with van der Waals surface area (Å²) in [5.41, 5.74) is 10.8. The SMILES string of the molecule is c1ccc2c(c1)oc1c(-c3ccc(-c4ccc(-c5cn6ccccc6n5)cc4)cc3)c3oc4ccccc4c3cc12. The fraction of sp³-hybridized carbons (Fsp3) is 0. The maximum absolute atomic E-state index is 6.47. The molecule has 41 heavy (non-hydrogen) atoms. The van der Waals surface area contributed by atoms with Crippen molar-refractivity contribution in [3.05, 3.63) is 134 Å². The largest absolute Gasteiger partial charge is 0.455 e. The number of pyridine rings is 1. The molecule has 0 aliphatic heterocycles. The monoisotopic (exact) mass is 526 g/mol. The van der Waals surface area contributed by atoms with Crippen molar-refractivity contribution in [1.82, 2.24) is 9.38 Å². The fourth-order valence-electron chi connectivity index (χ4n) is 6.03. The minimum Gasteiger partial charge on any atom is -0.455 e. The number of fused-ring (bicyclic) bond motifs is 7. The molecule has 0 aliphatic rings. The first-order valence-corrected chi connectivity index (χ1v) is 13.7. The first-order chi connectivity index (χ1) is 20.3. The van der Waals surface area contributed by atoms with E-state index in [9.17, 15) is 0 Å². The molecule has 0 radical (unpaired) electrons. The maximum Gasteiger partial charge on any atom is 0.147 e. The zero-order valence-corrected chi connectivity index (χ0v) is 21.9. The van der Waals surface area contributed by atoms with E-state index in [1.807, 2.05) is 53.1 Å². The van der Waals surface area contributed by atoms with Gasteiger partial charge in [-0.3, -0.25) is 0 Å². The van der Waals surface area contributed by atoms with Crippen LogP contribution in [0.3, 0.4) is 0 Å². The average Bonchev–Trinajstić information content (AvgIpc) is 3.73. The lowest BCUT2D eigenvalue weighted by molar-refractivity contribution is 0.658. The molecule has 192 valence electrons. The second-order valence-corrected chi connectivity index (χ2v) is 10.4. The standard InChI is InChI=1S/C37H22N2O2/c1-3-9-32-27(7-1)29-21-30-28-8-2-4-10-33(28)41-37(30)35(36(29)40-32)26-18-14-24(15-19-26)23-12-16-25(17-13-23)31-22-39-20-6-5-11-34(39)38-31/h1-22H. The molecule has 0 unspecified atom stereocenters. The van der Waals surface area contributed by atoms with Crippen molar-refractivity contribution < 1.29 is 8.83 Å². The molecule has 0 amide bonds. The van der Waals surface area contributed by atoms with Crippen LogP contribution in [0.4, 0.5) is 0 Å². The van der Waals surface area contributed by atoms with Crippen LogP contribution in [0.5, 0.6) is 0 Å². The molecule has 0 fully saturated rings. The zero-order valence-electron chi connectivity index (χ0n) is 21.9. The van der Waals surface area contributed by atoms with Gasteiger partial charge in [0.2, 0.25) is 0 Å². The van der Waals surface area contributed by atoms with Gasteiger partial charge in [-0.25, -0.2) is 4.98 Å². The molecule has 0 saturated heterocycles. The number of furan rings is 2. The molecule has 0 aliphatic carbocycles. The Morgan fingerprint density at radius 3 is 1.63 bits per heavy atom. The van der Waals surface area contributed by atoms with Crippen LogP contribution in [0, 0.1) is 0 Å². The van der Waals surface area contributed by atoms with Crippen molar-refractivity contribution in [2.24, 2.45) is 0 Å². The summed E-state index contributed by atoms with van der Waals surface area (Å²) in [7, 11) is 0. The average molecular weight is 527 g/mol. The van der Waals surface area contributed by atoms with Crippen molar-refractivity contribution in [3.63, 3.8) is 0 Å². The highest BCUT2D eigenvalue weighted by Gasteiger charge is 2.20. The van der Waals surface area contributed by atoms with E-state index in [0.717, 1.165) is 83.0 Å². The van der Waals surface area contributed by atoms with E-state index in [1.165, 1.54) is 0 Å². The molecule has 0 spiro atoms. The summed E-state index contributed by atoms with van der Waals surface area (Å²) in [5.74, 6) is 0.